The van der Waals surface area contributed by atoms with Gasteiger partial charge in [-0.2, -0.15) is 0 Å². The van der Waals surface area contributed by atoms with E-state index in [1.807, 2.05) is 36.4 Å². The van der Waals surface area contributed by atoms with E-state index in [-0.39, 0.29) is 19.1 Å². The number of carbonyl (C=O) groups is 1. The maximum absolute atomic E-state index is 12.6. The molecule has 0 saturated heterocycles. The summed E-state index contributed by atoms with van der Waals surface area (Å²) in [4.78, 5) is 12.6. The third-order valence-electron chi connectivity index (χ3n) is 4.82. The summed E-state index contributed by atoms with van der Waals surface area (Å²) in [6.07, 6.45) is 0.864. The van der Waals surface area contributed by atoms with Crippen molar-refractivity contribution in [2.75, 3.05) is 20.3 Å². The molecule has 144 valence electrons. The van der Waals surface area contributed by atoms with Crippen molar-refractivity contribution in [3.8, 4) is 5.75 Å². The molecule has 1 atom stereocenters. The molecule has 2 N–H and O–H groups in total. The molecule has 2 aromatic rings. The molecule has 2 aromatic carbocycles. The molecule has 3 rings (SSSR count). The van der Waals surface area contributed by atoms with E-state index >= 15 is 0 Å². The zero-order valence-corrected chi connectivity index (χ0v) is 16.0. The molecule has 1 aliphatic carbocycles. The number of benzene rings is 2. The van der Waals surface area contributed by atoms with Gasteiger partial charge in [-0.1, -0.05) is 35.9 Å². The lowest BCUT2D eigenvalue weighted by atomic mass is 9.95. The Hall–Kier alpha value is -2.08. The monoisotopic (exact) mass is 389 g/mol. The molecule has 0 aromatic heterocycles. The molecule has 27 heavy (non-hydrogen) atoms. The van der Waals surface area contributed by atoms with Crippen molar-refractivity contribution in [1.29, 1.82) is 0 Å². The molecular weight excluding hydrogens is 366 g/mol. The number of halogens is 1. The van der Waals surface area contributed by atoms with Gasteiger partial charge in [-0.3, -0.25) is 4.79 Å². The van der Waals surface area contributed by atoms with E-state index in [4.69, 9.17) is 21.1 Å². The van der Waals surface area contributed by atoms with Crippen molar-refractivity contribution in [2.24, 2.45) is 0 Å². The van der Waals surface area contributed by atoms with Gasteiger partial charge in [-0.05, 0) is 48.2 Å². The predicted molar refractivity (Wildman–Crippen MR) is 104 cm³/mol. The largest absolute Gasteiger partial charge is 0.497 e. The number of aliphatic hydroxyl groups excluding tert-OH is 1. The Balaban J connectivity index is 1.41. The molecule has 1 fully saturated rings. The van der Waals surface area contributed by atoms with Gasteiger partial charge in [0, 0.05) is 11.6 Å². The van der Waals surface area contributed by atoms with E-state index in [2.05, 4.69) is 5.32 Å². The van der Waals surface area contributed by atoms with Crippen LogP contribution < -0.4 is 10.1 Å². The number of nitrogens with one attached hydrogen (secondary N) is 1. The normalized spacial score (nSPS) is 15.8. The molecule has 1 amide bonds. The molecule has 0 radical (unpaired) electrons. The van der Waals surface area contributed by atoms with Gasteiger partial charge in [0.05, 0.1) is 31.8 Å². The highest BCUT2D eigenvalue weighted by Gasteiger charge is 2.51. The van der Waals surface area contributed by atoms with Gasteiger partial charge >= 0.3 is 0 Å². The summed E-state index contributed by atoms with van der Waals surface area (Å²) in [5.74, 6) is 0.732. The summed E-state index contributed by atoms with van der Waals surface area (Å²) < 4.78 is 10.6. The van der Waals surface area contributed by atoms with Gasteiger partial charge in [0.25, 0.3) is 0 Å². The molecule has 0 aliphatic heterocycles. The van der Waals surface area contributed by atoms with Crippen molar-refractivity contribution >= 4 is 17.5 Å². The first kappa shape index (κ1) is 19.7. The minimum absolute atomic E-state index is 0.0565. The summed E-state index contributed by atoms with van der Waals surface area (Å²) in [7, 11) is 1.62. The van der Waals surface area contributed by atoms with Gasteiger partial charge in [0.1, 0.15) is 5.75 Å². The Labute approximate surface area is 164 Å². The Morgan fingerprint density at radius 3 is 2.44 bits per heavy atom. The number of rotatable bonds is 9. The number of methoxy groups -OCH3 is 1. The third kappa shape index (κ3) is 5.01. The van der Waals surface area contributed by atoms with Gasteiger partial charge in [0.15, 0.2) is 0 Å². The predicted octanol–water partition coefficient (Wildman–Crippen LogP) is 3.07. The SMILES string of the molecule is COc1ccc(COCC(O)CNC(=O)C2(c3ccc(Cl)cc3)CC2)cc1. The lowest BCUT2D eigenvalue weighted by molar-refractivity contribution is -0.124. The topological polar surface area (TPSA) is 67.8 Å². The van der Waals surface area contributed by atoms with E-state index in [9.17, 15) is 9.90 Å². The fourth-order valence-electron chi connectivity index (χ4n) is 3.01. The van der Waals surface area contributed by atoms with Crippen LogP contribution in [0.5, 0.6) is 5.75 Å². The average Bonchev–Trinajstić information content (AvgIpc) is 3.49. The zero-order valence-electron chi connectivity index (χ0n) is 15.3. The highest BCUT2D eigenvalue weighted by atomic mass is 35.5. The average molecular weight is 390 g/mol. The molecule has 1 saturated carbocycles. The Morgan fingerprint density at radius 1 is 1.19 bits per heavy atom. The standard InChI is InChI=1S/C21H24ClNO4/c1-26-19-8-2-15(3-9-19)13-27-14-18(24)12-23-20(25)21(10-11-21)16-4-6-17(22)7-5-16/h2-9,18,24H,10-14H2,1H3,(H,23,25). The maximum atomic E-state index is 12.6. The van der Waals surface area contributed by atoms with E-state index in [1.54, 1.807) is 19.2 Å². The van der Waals surface area contributed by atoms with Crippen LogP contribution in [0.2, 0.25) is 5.02 Å². The van der Waals surface area contributed by atoms with Gasteiger partial charge < -0.3 is 19.9 Å². The second kappa shape index (κ2) is 8.74. The van der Waals surface area contributed by atoms with Gasteiger partial charge in [-0.15, -0.1) is 0 Å². The fraction of sp³-hybridized carbons (Fsp3) is 0.381. The van der Waals surface area contributed by atoms with Crippen molar-refractivity contribution in [1.82, 2.24) is 5.32 Å². The van der Waals surface area contributed by atoms with E-state index in [1.165, 1.54) is 0 Å². The third-order valence-corrected chi connectivity index (χ3v) is 5.07. The molecular formula is C21H24ClNO4. The molecule has 0 spiro atoms. The molecule has 0 bridgehead atoms. The molecule has 1 unspecified atom stereocenters. The molecule has 5 nitrogen and oxygen atoms in total. The second-order valence-electron chi connectivity index (χ2n) is 6.82. The van der Waals surface area contributed by atoms with Crippen LogP contribution in [0.3, 0.4) is 0 Å². The van der Waals surface area contributed by atoms with E-state index in [0.29, 0.717) is 11.6 Å². The minimum Gasteiger partial charge on any atom is -0.497 e. The van der Waals surface area contributed by atoms with Crippen LogP contribution in [-0.2, 0) is 21.6 Å². The Bertz CT molecular complexity index is 757. The summed E-state index contributed by atoms with van der Waals surface area (Å²) in [5.41, 5.74) is 1.48. The number of aliphatic hydroxyl groups is 1. The summed E-state index contributed by atoms with van der Waals surface area (Å²) in [6.45, 7) is 0.709. The van der Waals surface area contributed by atoms with Gasteiger partial charge in [-0.25, -0.2) is 0 Å². The lowest BCUT2D eigenvalue weighted by Gasteiger charge is -2.18. The first-order valence-corrected chi connectivity index (χ1v) is 9.34. The summed E-state index contributed by atoms with van der Waals surface area (Å²) in [5, 5.41) is 13.6. The number of amides is 1. The van der Waals surface area contributed by atoms with Crippen LogP contribution in [0.15, 0.2) is 48.5 Å². The number of carbonyl (C=O) groups excluding carboxylic acids is 1. The van der Waals surface area contributed by atoms with Crippen molar-refractivity contribution in [2.45, 2.75) is 31.0 Å². The van der Waals surface area contributed by atoms with Crippen molar-refractivity contribution < 1.29 is 19.4 Å². The van der Waals surface area contributed by atoms with E-state index < -0.39 is 11.5 Å². The van der Waals surface area contributed by atoms with Crippen LogP contribution in [0.1, 0.15) is 24.0 Å². The quantitative estimate of drug-likeness (QED) is 0.691. The van der Waals surface area contributed by atoms with E-state index in [0.717, 1.165) is 29.7 Å². The second-order valence-corrected chi connectivity index (χ2v) is 7.25. The van der Waals surface area contributed by atoms with Crippen LogP contribution in [0.4, 0.5) is 0 Å². The number of ether oxygens (including phenoxy) is 2. The van der Waals surface area contributed by atoms with Gasteiger partial charge in [0.2, 0.25) is 5.91 Å². The van der Waals surface area contributed by atoms with Crippen LogP contribution in [0, 0.1) is 0 Å². The minimum atomic E-state index is -0.756. The first-order chi connectivity index (χ1) is 13.0. The van der Waals surface area contributed by atoms with Crippen LogP contribution >= 0.6 is 11.6 Å². The first-order valence-electron chi connectivity index (χ1n) is 8.96. The highest BCUT2D eigenvalue weighted by molar-refractivity contribution is 6.30. The molecule has 6 heteroatoms. The zero-order chi connectivity index (χ0) is 19.3. The molecule has 0 heterocycles. The number of hydrogen-bond acceptors (Lipinski definition) is 4. The lowest BCUT2D eigenvalue weighted by Crippen LogP contribution is -2.40. The van der Waals surface area contributed by atoms with Crippen molar-refractivity contribution in [3.05, 3.63) is 64.7 Å². The fourth-order valence-corrected chi connectivity index (χ4v) is 3.14. The smallest absolute Gasteiger partial charge is 0.230 e. The van der Waals surface area contributed by atoms with Crippen LogP contribution in [0.25, 0.3) is 0 Å². The highest BCUT2D eigenvalue weighted by Crippen LogP contribution is 2.48. The summed E-state index contributed by atoms with van der Waals surface area (Å²) >= 11 is 5.92. The van der Waals surface area contributed by atoms with Crippen molar-refractivity contribution in [3.63, 3.8) is 0 Å². The van der Waals surface area contributed by atoms with Crippen LogP contribution in [-0.4, -0.2) is 37.4 Å². The summed E-state index contributed by atoms with van der Waals surface area (Å²) in [6, 6.07) is 14.9. The Kier molecular flexibility index (Phi) is 6.37. The Morgan fingerprint density at radius 2 is 1.85 bits per heavy atom. The molecule has 1 aliphatic rings. The number of hydrogen-bond donors (Lipinski definition) is 2. The maximum Gasteiger partial charge on any atom is 0.230 e.